The summed E-state index contributed by atoms with van der Waals surface area (Å²) < 4.78 is 11.1. The molecule has 3 heterocycles. The minimum Gasteiger partial charge on any atom is -0.493 e. The number of methoxy groups -OCH3 is 2. The molecule has 1 aromatic heterocycles. The Labute approximate surface area is 154 Å². The fourth-order valence-electron chi connectivity index (χ4n) is 5.16. The van der Waals surface area contributed by atoms with Crippen LogP contribution < -0.4 is 14.8 Å². The summed E-state index contributed by atoms with van der Waals surface area (Å²) in [5.41, 5.74) is 4.96. The number of fused-ring (bicyclic) bond motifs is 4. The van der Waals surface area contributed by atoms with Crippen molar-refractivity contribution in [3.63, 3.8) is 0 Å². The molecule has 1 N–H and O–H groups in total. The van der Waals surface area contributed by atoms with E-state index in [-0.39, 0.29) is 0 Å². The molecule has 4 aliphatic rings. The SMILES string of the molecule is COc1cc2nc3c(c(NC4CC5CC(C4)N5C)c2cc1OC)CCC3. The zero-order valence-corrected chi connectivity index (χ0v) is 15.8. The maximum absolute atomic E-state index is 5.56. The number of rotatable bonds is 4. The van der Waals surface area contributed by atoms with E-state index in [9.17, 15) is 0 Å². The predicted molar refractivity (Wildman–Crippen MR) is 103 cm³/mol. The fraction of sp³-hybridized carbons (Fsp3) is 0.571. The number of hydrogen-bond acceptors (Lipinski definition) is 5. The third-order valence-corrected chi connectivity index (χ3v) is 6.67. The van der Waals surface area contributed by atoms with E-state index in [0.29, 0.717) is 6.04 Å². The van der Waals surface area contributed by atoms with Gasteiger partial charge in [0.05, 0.1) is 19.7 Å². The number of aromatic nitrogens is 1. The number of nitrogens with one attached hydrogen (secondary N) is 1. The molecule has 6 rings (SSSR count). The van der Waals surface area contributed by atoms with Crippen molar-refractivity contribution in [2.75, 3.05) is 26.6 Å². The molecule has 0 amide bonds. The van der Waals surface area contributed by atoms with E-state index in [1.165, 1.54) is 42.6 Å². The molecular formula is C21H27N3O2. The van der Waals surface area contributed by atoms with Crippen LogP contribution in [0, 0.1) is 0 Å². The van der Waals surface area contributed by atoms with Gasteiger partial charge in [-0.3, -0.25) is 4.98 Å². The molecule has 2 bridgehead atoms. The first-order valence-corrected chi connectivity index (χ1v) is 9.74. The minimum atomic E-state index is 0.554. The van der Waals surface area contributed by atoms with Crippen molar-refractivity contribution in [3.05, 3.63) is 23.4 Å². The molecule has 2 aliphatic carbocycles. The average Bonchev–Trinajstić information content (AvgIpc) is 3.14. The average molecular weight is 353 g/mol. The molecule has 3 fully saturated rings. The summed E-state index contributed by atoms with van der Waals surface area (Å²) >= 11 is 0. The molecule has 5 heteroatoms. The molecule has 26 heavy (non-hydrogen) atoms. The van der Waals surface area contributed by atoms with Crippen molar-refractivity contribution >= 4 is 16.6 Å². The van der Waals surface area contributed by atoms with Crippen LogP contribution in [0.15, 0.2) is 12.1 Å². The molecule has 2 aliphatic heterocycles. The van der Waals surface area contributed by atoms with Gasteiger partial charge >= 0.3 is 0 Å². The number of nitrogens with zero attached hydrogens (tertiary/aromatic N) is 2. The van der Waals surface area contributed by atoms with Gasteiger partial charge in [-0.05, 0) is 57.2 Å². The highest BCUT2D eigenvalue weighted by molar-refractivity contribution is 5.96. The van der Waals surface area contributed by atoms with Gasteiger partial charge in [-0.1, -0.05) is 0 Å². The van der Waals surface area contributed by atoms with Crippen molar-refractivity contribution in [2.45, 2.75) is 56.7 Å². The summed E-state index contributed by atoms with van der Waals surface area (Å²) in [4.78, 5) is 7.49. The number of anilines is 1. The standard InChI is InChI=1S/C21H27N3O2/c1-24-13-7-12(8-14(24)9-13)22-21-15-5-4-6-17(15)23-18-11-20(26-3)19(25-2)10-16(18)21/h10-14H,4-9H2,1-3H3,(H,22,23). The van der Waals surface area contributed by atoms with E-state index >= 15 is 0 Å². The summed E-state index contributed by atoms with van der Waals surface area (Å²) in [5, 5.41) is 5.09. The van der Waals surface area contributed by atoms with Gasteiger partial charge in [0, 0.05) is 41.0 Å². The number of pyridine rings is 1. The van der Waals surface area contributed by atoms with E-state index in [1.807, 2.05) is 6.07 Å². The van der Waals surface area contributed by atoms with Gasteiger partial charge in [-0.2, -0.15) is 0 Å². The number of piperidine rings is 1. The fourth-order valence-corrected chi connectivity index (χ4v) is 5.16. The Morgan fingerprint density at radius 2 is 1.77 bits per heavy atom. The van der Waals surface area contributed by atoms with Crippen molar-refractivity contribution in [1.29, 1.82) is 0 Å². The highest BCUT2D eigenvalue weighted by Crippen LogP contribution is 2.42. The first kappa shape index (κ1) is 16.2. The van der Waals surface area contributed by atoms with Gasteiger partial charge in [-0.25, -0.2) is 0 Å². The highest BCUT2D eigenvalue weighted by atomic mass is 16.5. The van der Waals surface area contributed by atoms with E-state index in [0.717, 1.165) is 47.3 Å². The number of benzene rings is 1. The molecule has 5 nitrogen and oxygen atoms in total. The molecule has 138 valence electrons. The van der Waals surface area contributed by atoms with E-state index in [2.05, 4.69) is 23.3 Å². The maximum Gasteiger partial charge on any atom is 0.162 e. The lowest BCUT2D eigenvalue weighted by Crippen LogP contribution is -2.61. The van der Waals surface area contributed by atoms with Crippen molar-refractivity contribution in [3.8, 4) is 11.5 Å². The predicted octanol–water partition coefficient (Wildman–Crippen LogP) is 3.39. The molecule has 2 saturated heterocycles. The lowest BCUT2D eigenvalue weighted by Gasteiger charge is -2.54. The Kier molecular flexibility index (Phi) is 3.74. The molecule has 0 spiro atoms. The van der Waals surface area contributed by atoms with Crippen molar-refractivity contribution in [2.24, 2.45) is 0 Å². The molecule has 2 unspecified atom stereocenters. The second-order valence-electron chi connectivity index (χ2n) is 8.01. The summed E-state index contributed by atoms with van der Waals surface area (Å²) in [6.45, 7) is 0. The second-order valence-corrected chi connectivity index (χ2v) is 8.01. The summed E-state index contributed by atoms with van der Waals surface area (Å²) in [5.74, 6) is 1.52. The normalized spacial score (nSPS) is 27.1. The molecule has 2 aromatic rings. The van der Waals surface area contributed by atoms with E-state index in [1.54, 1.807) is 14.2 Å². The maximum atomic E-state index is 5.56. The van der Waals surface area contributed by atoms with Gasteiger partial charge in [0.25, 0.3) is 0 Å². The Morgan fingerprint density at radius 3 is 2.46 bits per heavy atom. The van der Waals surface area contributed by atoms with Crippen LogP contribution in [0.25, 0.3) is 10.9 Å². The van der Waals surface area contributed by atoms with Crippen LogP contribution in [0.1, 0.15) is 36.9 Å². The summed E-state index contributed by atoms with van der Waals surface area (Å²) in [6.07, 6.45) is 7.23. The smallest absolute Gasteiger partial charge is 0.162 e. The largest absolute Gasteiger partial charge is 0.493 e. The van der Waals surface area contributed by atoms with Gasteiger partial charge in [-0.15, -0.1) is 0 Å². The number of ether oxygens (including phenoxy) is 2. The zero-order chi connectivity index (χ0) is 17.8. The van der Waals surface area contributed by atoms with Crippen molar-refractivity contribution < 1.29 is 9.47 Å². The zero-order valence-electron chi connectivity index (χ0n) is 15.8. The molecule has 2 atom stereocenters. The Hall–Kier alpha value is -2.01. The third kappa shape index (κ3) is 2.37. The lowest BCUT2D eigenvalue weighted by molar-refractivity contribution is -0.00791. The Balaban J connectivity index is 1.58. The molecular weight excluding hydrogens is 326 g/mol. The van der Waals surface area contributed by atoms with Crippen LogP contribution in [-0.4, -0.2) is 49.3 Å². The van der Waals surface area contributed by atoms with Gasteiger partial charge in [0.15, 0.2) is 11.5 Å². The highest BCUT2D eigenvalue weighted by Gasteiger charge is 2.43. The number of aryl methyl sites for hydroxylation is 1. The number of hydrogen-bond donors (Lipinski definition) is 1. The van der Waals surface area contributed by atoms with Crippen LogP contribution in [-0.2, 0) is 12.8 Å². The van der Waals surface area contributed by atoms with Gasteiger partial charge in [0.1, 0.15) is 0 Å². The van der Waals surface area contributed by atoms with Crippen LogP contribution in [0.3, 0.4) is 0 Å². The lowest BCUT2D eigenvalue weighted by atomic mass is 9.77. The molecule has 0 radical (unpaired) electrons. The first-order chi connectivity index (χ1) is 12.7. The molecule has 1 saturated carbocycles. The summed E-state index contributed by atoms with van der Waals surface area (Å²) in [7, 11) is 5.65. The van der Waals surface area contributed by atoms with E-state index in [4.69, 9.17) is 14.5 Å². The van der Waals surface area contributed by atoms with Crippen molar-refractivity contribution in [1.82, 2.24) is 9.88 Å². The van der Waals surface area contributed by atoms with Crippen LogP contribution >= 0.6 is 0 Å². The first-order valence-electron chi connectivity index (χ1n) is 9.74. The molecule has 1 aromatic carbocycles. The summed E-state index contributed by atoms with van der Waals surface area (Å²) in [6, 6.07) is 6.17. The van der Waals surface area contributed by atoms with Gasteiger partial charge in [0.2, 0.25) is 0 Å². The van der Waals surface area contributed by atoms with E-state index < -0.39 is 0 Å². The van der Waals surface area contributed by atoms with Crippen LogP contribution in [0.5, 0.6) is 11.5 Å². The topological polar surface area (TPSA) is 46.6 Å². The quantitative estimate of drug-likeness (QED) is 0.913. The minimum absolute atomic E-state index is 0.554. The van der Waals surface area contributed by atoms with Crippen LogP contribution in [0.4, 0.5) is 5.69 Å². The van der Waals surface area contributed by atoms with Crippen LogP contribution in [0.2, 0.25) is 0 Å². The Bertz CT molecular complexity index is 854. The Morgan fingerprint density at radius 1 is 1.04 bits per heavy atom. The monoisotopic (exact) mass is 353 g/mol. The van der Waals surface area contributed by atoms with Gasteiger partial charge < -0.3 is 19.7 Å². The third-order valence-electron chi connectivity index (χ3n) is 6.67. The second kappa shape index (κ2) is 6.02.